The smallest absolute Gasteiger partial charge is 0.135 e. The Hall–Kier alpha value is -7.48. The Bertz CT molecular complexity index is 5160. The number of hydrogen-bond donors (Lipinski definition) is 0. The fourth-order valence-electron chi connectivity index (χ4n) is 8.08. The van der Waals surface area contributed by atoms with E-state index in [2.05, 4.69) is 0 Å². The van der Waals surface area contributed by atoms with Crippen LogP contribution in [0.3, 0.4) is 0 Å². The van der Waals surface area contributed by atoms with E-state index in [1.54, 1.807) is 18.2 Å². The molecule has 12 aromatic rings. The van der Waals surface area contributed by atoms with Gasteiger partial charge >= 0.3 is 0 Å². The van der Waals surface area contributed by atoms with E-state index in [0.717, 1.165) is 10.8 Å². The van der Waals surface area contributed by atoms with Crippen LogP contribution in [0, 0.1) is 0 Å². The molecule has 288 valence electrons. The fraction of sp³-hybridized carbons (Fsp3) is 0.0667. The van der Waals surface area contributed by atoms with Crippen molar-refractivity contribution in [2.24, 2.45) is 0 Å². The van der Waals surface area contributed by atoms with Crippen LogP contribution in [-0.4, -0.2) is 0 Å². The monoisotopic (exact) mass is 805 g/mol. The van der Waals surface area contributed by atoms with E-state index in [-0.39, 0.29) is 105 Å². The van der Waals surface area contributed by atoms with Crippen molar-refractivity contribution in [3.8, 4) is 11.1 Å². The van der Waals surface area contributed by atoms with Crippen LogP contribution >= 0.6 is 0 Å². The Morgan fingerprint density at radius 1 is 0.361 bits per heavy atom. The minimum absolute atomic E-state index is 0.0112. The molecule has 0 aliphatic rings. The van der Waals surface area contributed by atoms with Crippen LogP contribution in [0.5, 0.6) is 0 Å². The van der Waals surface area contributed by atoms with Crippen LogP contribution in [0.4, 0.5) is 0 Å². The minimum Gasteiger partial charge on any atom is -0.456 e. The van der Waals surface area contributed by atoms with Crippen molar-refractivity contribution in [3.05, 3.63) is 239 Å². The molecule has 11 aromatic carbocycles. The molecule has 0 fully saturated rings. The highest BCUT2D eigenvalue weighted by Gasteiger charge is 2.17. The molecule has 0 N–H and O–H groups in total. The summed E-state index contributed by atoms with van der Waals surface area (Å²) in [5.41, 5.74) is -1.98. The lowest BCUT2D eigenvalue weighted by Gasteiger charge is -2.19. The Morgan fingerprint density at radius 3 is 1.69 bits per heavy atom. The molecule has 0 saturated heterocycles. The Balaban J connectivity index is 1.10. The molecular weight excluding hydrogens is 737 g/mol. The number of hydrogen-bond acceptors (Lipinski definition) is 1. The molecule has 0 spiro atoms. The standard InChI is InChI=1S/C60H42O/c1-3-13-43-33-39(21-24-41(43)11-1)22-30-55-51-17-7-9-19-53(51)56(54-20-10-8-18-52(54)55)38-48-28-27-47(49-15-5-6-16-50(48)49)34-40-23-31-59-57(35-40)58-37-46(29-32-60(58)61-59)45-26-25-42-12-2-4-14-44(42)36-45/h1-21,23-29,31-33,35-37H,22,30,34,38H2/i1D,3D,5D,6D,7D,8D,9D,10D,11D,13D,15D,16D,17D,18D,19D,20D,21D,23D,24D,27D,28D,29D,31D,32D,33D,35D,37D. The zero-order valence-electron chi connectivity index (χ0n) is 58.8. The van der Waals surface area contributed by atoms with E-state index >= 15 is 0 Å². The summed E-state index contributed by atoms with van der Waals surface area (Å²) < 4.78 is 252. The van der Waals surface area contributed by atoms with Crippen molar-refractivity contribution in [1.29, 1.82) is 0 Å². The van der Waals surface area contributed by atoms with E-state index in [9.17, 15) is 17.8 Å². The van der Waals surface area contributed by atoms with E-state index in [4.69, 9.17) is 23.6 Å². The van der Waals surface area contributed by atoms with Crippen molar-refractivity contribution in [1.82, 2.24) is 0 Å². The van der Waals surface area contributed by atoms with E-state index in [1.165, 1.54) is 0 Å². The molecule has 0 atom stereocenters. The van der Waals surface area contributed by atoms with Gasteiger partial charge in [0.25, 0.3) is 0 Å². The number of fused-ring (bicyclic) bond motifs is 8. The van der Waals surface area contributed by atoms with Crippen molar-refractivity contribution in [2.45, 2.75) is 25.7 Å². The third-order valence-corrected chi connectivity index (χ3v) is 11.0. The maximum atomic E-state index is 9.80. The third kappa shape index (κ3) is 6.33. The highest BCUT2D eigenvalue weighted by atomic mass is 16.3. The lowest BCUT2D eigenvalue weighted by atomic mass is 9.85. The quantitative estimate of drug-likeness (QED) is 0.139. The SMILES string of the molecule is [2H]c1c(Cc2c([2H])c([2H])c(Cc3c4c([2H])c([2H])c([2H])c([2H])c4c(CCc4c([2H])c([2H])c5c([2H])c([2H])c([2H])c([2H])c5c4[2H])c4c([2H])c([2H])c([2H])c([2H])c34)c3c([2H])c([2H])c([2H])c([2H])c23)c([2H])c2c(oc3c([2H])c([2H])c(-c4ccc5ccccc5c4)c([2H])c32)c1[2H]. The second-order valence-electron chi connectivity index (χ2n) is 14.5. The van der Waals surface area contributed by atoms with Gasteiger partial charge in [-0.15, -0.1) is 0 Å². The zero-order valence-corrected chi connectivity index (χ0v) is 31.8. The van der Waals surface area contributed by atoms with Gasteiger partial charge in [-0.25, -0.2) is 0 Å². The molecule has 0 radical (unpaired) electrons. The number of rotatable bonds is 8. The van der Waals surface area contributed by atoms with Crippen molar-refractivity contribution in [2.75, 3.05) is 0 Å². The normalized spacial score (nSPS) is 18.1. The van der Waals surface area contributed by atoms with Gasteiger partial charge in [0.2, 0.25) is 0 Å². The van der Waals surface area contributed by atoms with Crippen LogP contribution in [0.2, 0.25) is 0 Å². The lowest BCUT2D eigenvalue weighted by molar-refractivity contribution is 0.669. The van der Waals surface area contributed by atoms with Gasteiger partial charge in [0.15, 0.2) is 0 Å². The van der Waals surface area contributed by atoms with Crippen LogP contribution in [0.15, 0.2) is 210 Å². The second kappa shape index (κ2) is 14.7. The molecule has 1 aromatic heterocycles. The van der Waals surface area contributed by atoms with Crippen LogP contribution in [0.25, 0.3) is 86.9 Å². The van der Waals surface area contributed by atoms with Crippen LogP contribution in [-0.2, 0) is 25.7 Å². The van der Waals surface area contributed by atoms with Crippen molar-refractivity contribution >= 4 is 75.8 Å². The predicted molar refractivity (Wildman–Crippen MR) is 259 cm³/mol. The molecule has 1 heteroatoms. The first-order chi connectivity index (χ1) is 41.5. The van der Waals surface area contributed by atoms with E-state index < -0.39 is 188 Å². The van der Waals surface area contributed by atoms with Gasteiger partial charge in [0.1, 0.15) is 11.2 Å². The fourth-order valence-corrected chi connectivity index (χ4v) is 8.08. The van der Waals surface area contributed by atoms with E-state index in [0.29, 0.717) is 5.56 Å². The van der Waals surface area contributed by atoms with Crippen LogP contribution < -0.4 is 0 Å². The average Bonchev–Trinajstić information content (AvgIpc) is 1.04. The molecule has 0 aliphatic carbocycles. The maximum absolute atomic E-state index is 9.80. The van der Waals surface area contributed by atoms with Crippen molar-refractivity contribution in [3.63, 3.8) is 0 Å². The predicted octanol–water partition coefficient (Wildman–Crippen LogP) is 16.0. The Kier molecular flexibility index (Phi) is 4.24. The van der Waals surface area contributed by atoms with Crippen LogP contribution in [0.1, 0.15) is 70.4 Å². The number of furan rings is 1. The minimum atomic E-state index is -0.828. The molecule has 1 heterocycles. The molecule has 0 unspecified atom stereocenters. The molecule has 0 amide bonds. The highest BCUT2D eigenvalue weighted by molar-refractivity contribution is 6.08. The molecule has 0 bridgehead atoms. The molecular formula is C60H42O. The first kappa shape index (κ1) is 17.6. The van der Waals surface area contributed by atoms with Gasteiger partial charge < -0.3 is 4.42 Å². The summed E-state index contributed by atoms with van der Waals surface area (Å²) in [6.45, 7) is 0. The third-order valence-electron chi connectivity index (χ3n) is 11.0. The summed E-state index contributed by atoms with van der Waals surface area (Å²) in [7, 11) is 0. The molecule has 61 heavy (non-hydrogen) atoms. The maximum Gasteiger partial charge on any atom is 0.135 e. The molecule has 12 rings (SSSR count). The summed E-state index contributed by atoms with van der Waals surface area (Å²) in [4.78, 5) is 0. The lowest BCUT2D eigenvalue weighted by Crippen LogP contribution is -2.00. The molecule has 0 aliphatic heterocycles. The highest BCUT2D eigenvalue weighted by Crippen LogP contribution is 2.38. The second-order valence-corrected chi connectivity index (χ2v) is 14.5. The summed E-state index contributed by atoms with van der Waals surface area (Å²) in [5.74, 6) is 0. The summed E-state index contributed by atoms with van der Waals surface area (Å²) in [5, 5.41) is -1.70. The van der Waals surface area contributed by atoms with E-state index in [1.807, 2.05) is 24.3 Å². The summed E-state index contributed by atoms with van der Waals surface area (Å²) in [6.07, 6.45) is -2.47. The van der Waals surface area contributed by atoms with Gasteiger partial charge in [-0.05, 0) is 154 Å². The Labute approximate surface area is 393 Å². The molecule has 0 saturated carbocycles. The topological polar surface area (TPSA) is 13.1 Å². The first-order valence-electron chi connectivity index (χ1n) is 32.8. The molecule has 1 nitrogen and oxygen atoms in total. The van der Waals surface area contributed by atoms with Crippen molar-refractivity contribution < 1.29 is 41.4 Å². The number of aryl methyl sites for hydroxylation is 1. The van der Waals surface area contributed by atoms with Gasteiger partial charge in [-0.3, -0.25) is 0 Å². The van der Waals surface area contributed by atoms with Gasteiger partial charge in [0, 0.05) is 10.8 Å². The largest absolute Gasteiger partial charge is 0.456 e. The van der Waals surface area contributed by atoms with Gasteiger partial charge in [-0.1, -0.05) is 175 Å². The van der Waals surface area contributed by atoms with Gasteiger partial charge in [0.05, 0.1) is 37.0 Å². The summed E-state index contributed by atoms with van der Waals surface area (Å²) >= 11 is 0. The summed E-state index contributed by atoms with van der Waals surface area (Å²) in [6, 6.07) is -5.79. The zero-order chi connectivity index (χ0) is 63.8. The number of benzene rings is 11. The Morgan fingerprint density at radius 2 is 0.951 bits per heavy atom. The van der Waals surface area contributed by atoms with Gasteiger partial charge in [-0.2, -0.15) is 0 Å². The average molecular weight is 806 g/mol. The first-order valence-corrected chi connectivity index (χ1v) is 19.3.